The zero-order valence-electron chi connectivity index (χ0n) is 9.21. The van der Waals surface area contributed by atoms with E-state index >= 15 is 0 Å². The van der Waals surface area contributed by atoms with Crippen molar-refractivity contribution >= 4 is 0 Å². The second-order valence-corrected chi connectivity index (χ2v) is 3.08. The molecule has 0 fully saturated rings. The molecule has 0 saturated heterocycles. The number of hydrogen-bond acceptors (Lipinski definition) is 3. The molecule has 0 rings (SSSR count). The van der Waals surface area contributed by atoms with Crippen molar-refractivity contribution in [3.05, 3.63) is 0 Å². The van der Waals surface area contributed by atoms with Gasteiger partial charge >= 0.3 is 0 Å². The molecule has 0 radical (unpaired) electrons. The highest BCUT2D eigenvalue weighted by atomic mass is 16.5. The minimum absolute atomic E-state index is 0.0219. The SMILES string of the molecule is CC#CCC(N)COCCOCCC. The fourth-order valence-electron chi connectivity index (χ4n) is 0.891. The van der Waals surface area contributed by atoms with Crippen LogP contribution in [0.25, 0.3) is 0 Å². The topological polar surface area (TPSA) is 44.5 Å². The van der Waals surface area contributed by atoms with Crippen LogP contribution in [0.4, 0.5) is 0 Å². The molecular formula is C11H21NO2. The minimum Gasteiger partial charge on any atom is -0.379 e. The fraction of sp³-hybridized carbons (Fsp3) is 0.818. The fourth-order valence-corrected chi connectivity index (χ4v) is 0.891. The first-order valence-corrected chi connectivity index (χ1v) is 5.12. The first kappa shape index (κ1) is 13.4. The Morgan fingerprint density at radius 3 is 2.57 bits per heavy atom. The van der Waals surface area contributed by atoms with Gasteiger partial charge in [-0.3, -0.25) is 0 Å². The molecule has 0 aliphatic carbocycles. The second-order valence-electron chi connectivity index (χ2n) is 3.08. The smallest absolute Gasteiger partial charge is 0.0701 e. The summed E-state index contributed by atoms with van der Waals surface area (Å²) in [6, 6.07) is 0.0219. The maximum absolute atomic E-state index is 5.73. The molecule has 1 unspecified atom stereocenters. The van der Waals surface area contributed by atoms with Gasteiger partial charge in [0.15, 0.2) is 0 Å². The van der Waals surface area contributed by atoms with Gasteiger partial charge < -0.3 is 15.2 Å². The molecule has 0 aliphatic rings. The Bertz CT molecular complexity index is 172. The van der Waals surface area contributed by atoms with Crippen LogP contribution in [0.15, 0.2) is 0 Å². The molecular weight excluding hydrogens is 178 g/mol. The third-order valence-corrected chi connectivity index (χ3v) is 1.59. The van der Waals surface area contributed by atoms with Gasteiger partial charge in [0.2, 0.25) is 0 Å². The molecule has 1 atom stereocenters. The van der Waals surface area contributed by atoms with Crippen molar-refractivity contribution < 1.29 is 9.47 Å². The molecule has 0 heterocycles. The van der Waals surface area contributed by atoms with Crippen molar-refractivity contribution in [3.63, 3.8) is 0 Å². The first-order chi connectivity index (χ1) is 6.81. The van der Waals surface area contributed by atoms with Gasteiger partial charge in [-0.25, -0.2) is 0 Å². The van der Waals surface area contributed by atoms with E-state index in [2.05, 4.69) is 18.8 Å². The normalized spacial score (nSPS) is 11.9. The summed E-state index contributed by atoms with van der Waals surface area (Å²) in [6.45, 7) is 6.53. The van der Waals surface area contributed by atoms with Gasteiger partial charge in [-0.15, -0.1) is 11.8 Å². The molecule has 0 aromatic heterocycles. The molecule has 0 amide bonds. The molecule has 0 aromatic rings. The van der Waals surface area contributed by atoms with E-state index in [4.69, 9.17) is 15.2 Å². The van der Waals surface area contributed by atoms with E-state index in [0.717, 1.165) is 13.0 Å². The van der Waals surface area contributed by atoms with Crippen LogP contribution in [0.3, 0.4) is 0 Å². The van der Waals surface area contributed by atoms with Crippen molar-refractivity contribution in [3.8, 4) is 11.8 Å². The summed E-state index contributed by atoms with van der Waals surface area (Å²) in [4.78, 5) is 0. The monoisotopic (exact) mass is 199 g/mol. The Balaban J connectivity index is 3.13. The number of nitrogens with two attached hydrogens (primary N) is 1. The van der Waals surface area contributed by atoms with Gasteiger partial charge in [0.05, 0.1) is 19.8 Å². The zero-order valence-corrected chi connectivity index (χ0v) is 9.21. The molecule has 0 bridgehead atoms. The van der Waals surface area contributed by atoms with E-state index in [1.54, 1.807) is 0 Å². The van der Waals surface area contributed by atoms with E-state index in [1.807, 2.05) is 6.92 Å². The van der Waals surface area contributed by atoms with Crippen LogP contribution in [0, 0.1) is 11.8 Å². The predicted molar refractivity (Wildman–Crippen MR) is 58.0 cm³/mol. The summed E-state index contributed by atoms with van der Waals surface area (Å²) in [7, 11) is 0. The Morgan fingerprint density at radius 1 is 1.21 bits per heavy atom. The zero-order chi connectivity index (χ0) is 10.6. The van der Waals surface area contributed by atoms with Crippen LogP contribution in [0.2, 0.25) is 0 Å². The lowest BCUT2D eigenvalue weighted by molar-refractivity contribution is 0.0433. The molecule has 0 spiro atoms. The summed E-state index contributed by atoms with van der Waals surface area (Å²) in [5.74, 6) is 5.73. The summed E-state index contributed by atoms with van der Waals surface area (Å²) in [6.07, 6.45) is 1.75. The van der Waals surface area contributed by atoms with Gasteiger partial charge in [0, 0.05) is 19.1 Å². The lowest BCUT2D eigenvalue weighted by Gasteiger charge is -2.09. The third kappa shape index (κ3) is 9.53. The average molecular weight is 199 g/mol. The highest BCUT2D eigenvalue weighted by molar-refractivity contribution is 4.97. The quantitative estimate of drug-likeness (QED) is 0.471. The van der Waals surface area contributed by atoms with Crippen LogP contribution in [-0.2, 0) is 9.47 Å². The third-order valence-electron chi connectivity index (χ3n) is 1.59. The summed E-state index contributed by atoms with van der Waals surface area (Å²) in [5.41, 5.74) is 5.73. The van der Waals surface area contributed by atoms with Crippen molar-refractivity contribution in [1.82, 2.24) is 0 Å². The van der Waals surface area contributed by atoms with Crippen molar-refractivity contribution in [2.24, 2.45) is 5.73 Å². The van der Waals surface area contributed by atoms with Crippen LogP contribution in [0.5, 0.6) is 0 Å². The van der Waals surface area contributed by atoms with Crippen LogP contribution in [-0.4, -0.2) is 32.5 Å². The lowest BCUT2D eigenvalue weighted by atomic mass is 10.2. The Labute approximate surface area is 87.0 Å². The van der Waals surface area contributed by atoms with Crippen molar-refractivity contribution in [2.75, 3.05) is 26.4 Å². The van der Waals surface area contributed by atoms with Gasteiger partial charge in [-0.1, -0.05) is 6.92 Å². The Morgan fingerprint density at radius 2 is 1.93 bits per heavy atom. The average Bonchev–Trinajstić information content (AvgIpc) is 2.20. The van der Waals surface area contributed by atoms with Crippen molar-refractivity contribution in [2.45, 2.75) is 32.7 Å². The standard InChI is InChI=1S/C11H21NO2/c1-3-5-6-11(12)10-14-9-8-13-7-4-2/h11H,4,6-10,12H2,1-2H3. The molecule has 82 valence electrons. The Hall–Kier alpha value is -0.560. The maximum atomic E-state index is 5.73. The van der Waals surface area contributed by atoms with Gasteiger partial charge in [0.1, 0.15) is 0 Å². The van der Waals surface area contributed by atoms with Gasteiger partial charge in [0.25, 0.3) is 0 Å². The number of rotatable bonds is 8. The van der Waals surface area contributed by atoms with E-state index < -0.39 is 0 Å². The van der Waals surface area contributed by atoms with Gasteiger partial charge in [-0.05, 0) is 13.3 Å². The van der Waals surface area contributed by atoms with Crippen LogP contribution < -0.4 is 5.73 Å². The molecule has 14 heavy (non-hydrogen) atoms. The van der Waals surface area contributed by atoms with E-state index in [0.29, 0.717) is 26.2 Å². The van der Waals surface area contributed by atoms with Gasteiger partial charge in [-0.2, -0.15) is 0 Å². The highest BCUT2D eigenvalue weighted by Gasteiger charge is 1.99. The first-order valence-electron chi connectivity index (χ1n) is 5.12. The molecule has 2 N–H and O–H groups in total. The minimum atomic E-state index is 0.0219. The molecule has 0 saturated carbocycles. The summed E-state index contributed by atoms with van der Waals surface area (Å²) < 4.78 is 10.6. The van der Waals surface area contributed by atoms with E-state index in [1.165, 1.54) is 0 Å². The summed E-state index contributed by atoms with van der Waals surface area (Å²) >= 11 is 0. The molecule has 0 aliphatic heterocycles. The Kier molecular flexibility index (Phi) is 10.1. The van der Waals surface area contributed by atoms with E-state index in [-0.39, 0.29) is 6.04 Å². The summed E-state index contributed by atoms with van der Waals surface area (Å²) in [5, 5.41) is 0. The second kappa shape index (κ2) is 10.5. The molecule has 3 nitrogen and oxygen atoms in total. The lowest BCUT2D eigenvalue weighted by Crippen LogP contribution is -2.26. The van der Waals surface area contributed by atoms with Crippen LogP contribution >= 0.6 is 0 Å². The molecule has 3 heteroatoms. The number of hydrogen-bond donors (Lipinski definition) is 1. The predicted octanol–water partition coefficient (Wildman–Crippen LogP) is 1.17. The highest BCUT2D eigenvalue weighted by Crippen LogP contribution is 1.88. The van der Waals surface area contributed by atoms with Crippen molar-refractivity contribution in [1.29, 1.82) is 0 Å². The van der Waals surface area contributed by atoms with E-state index in [9.17, 15) is 0 Å². The molecule has 0 aromatic carbocycles. The maximum Gasteiger partial charge on any atom is 0.0701 e. The number of ether oxygens (including phenoxy) is 2. The van der Waals surface area contributed by atoms with Crippen LogP contribution in [0.1, 0.15) is 26.7 Å². The largest absolute Gasteiger partial charge is 0.379 e.